The highest BCUT2D eigenvalue weighted by atomic mass is 32.2. The van der Waals surface area contributed by atoms with Gasteiger partial charge < -0.3 is 4.74 Å². The normalized spacial score (nSPS) is 28.3. The minimum absolute atomic E-state index is 0.249. The number of hydrogen-bond donors (Lipinski definition) is 1. The lowest BCUT2D eigenvalue weighted by molar-refractivity contribution is 0.414. The summed E-state index contributed by atoms with van der Waals surface area (Å²) in [6, 6.07) is 9.03. The molecule has 1 fully saturated rings. The Bertz CT molecular complexity index is 365. The van der Waals surface area contributed by atoms with Crippen LogP contribution in [0, 0.1) is 0 Å². The van der Waals surface area contributed by atoms with Gasteiger partial charge in [-0.05, 0) is 44.4 Å². The Kier molecular flexibility index (Phi) is 4.00. The summed E-state index contributed by atoms with van der Waals surface area (Å²) in [5, 5.41) is 3.66. The van der Waals surface area contributed by atoms with Crippen molar-refractivity contribution in [3.05, 3.63) is 29.8 Å². The maximum absolute atomic E-state index is 5.16. The molecule has 2 rings (SSSR count). The zero-order valence-electron chi connectivity index (χ0n) is 10.8. The van der Waals surface area contributed by atoms with Crippen LogP contribution in [0.15, 0.2) is 24.3 Å². The van der Waals surface area contributed by atoms with E-state index >= 15 is 0 Å². The molecule has 1 heterocycles. The van der Waals surface area contributed by atoms with Crippen LogP contribution >= 0.6 is 11.8 Å². The predicted molar refractivity (Wildman–Crippen MR) is 74.8 cm³/mol. The van der Waals surface area contributed by atoms with Crippen LogP contribution < -0.4 is 10.1 Å². The van der Waals surface area contributed by atoms with E-state index in [1.54, 1.807) is 7.11 Å². The van der Waals surface area contributed by atoms with Crippen molar-refractivity contribution >= 4 is 11.8 Å². The van der Waals surface area contributed by atoms with Crippen molar-refractivity contribution in [1.29, 1.82) is 0 Å². The largest absolute Gasteiger partial charge is 0.497 e. The van der Waals surface area contributed by atoms with Crippen LogP contribution in [0.25, 0.3) is 0 Å². The quantitative estimate of drug-likeness (QED) is 0.888. The standard InChI is InChI=1S/C14H21NOS/c1-11-10-17-14(2,15-11)9-8-12-4-6-13(16-3)7-5-12/h4-7,11,15H,8-10H2,1-3H3. The van der Waals surface area contributed by atoms with Crippen LogP contribution in [0.3, 0.4) is 0 Å². The fraction of sp³-hybridized carbons (Fsp3) is 0.571. The predicted octanol–water partition coefficient (Wildman–Crippen LogP) is 3.07. The van der Waals surface area contributed by atoms with Crippen molar-refractivity contribution in [2.45, 2.75) is 37.6 Å². The van der Waals surface area contributed by atoms with E-state index in [1.165, 1.54) is 17.7 Å². The summed E-state index contributed by atoms with van der Waals surface area (Å²) in [6.07, 6.45) is 2.29. The van der Waals surface area contributed by atoms with Crippen molar-refractivity contribution in [1.82, 2.24) is 5.32 Å². The van der Waals surface area contributed by atoms with E-state index in [4.69, 9.17) is 4.74 Å². The van der Waals surface area contributed by atoms with Gasteiger partial charge in [0.25, 0.3) is 0 Å². The zero-order chi connectivity index (χ0) is 12.3. The maximum Gasteiger partial charge on any atom is 0.118 e. The third kappa shape index (κ3) is 3.39. The van der Waals surface area contributed by atoms with E-state index in [2.05, 4.69) is 31.3 Å². The lowest BCUT2D eigenvalue weighted by atomic mass is 10.1. The van der Waals surface area contributed by atoms with Gasteiger partial charge in [0.1, 0.15) is 5.75 Å². The molecule has 0 aromatic heterocycles. The molecular formula is C14H21NOS. The minimum atomic E-state index is 0.249. The molecule has 0 bridgehead atoms. The summed E-state index contributed by atoms with van der Waals surface area (Å²) in [6.45, 7) is 4.57. The fourth-order valence-corrected chi connectivity index (χ4v) is 3.46. The Labute approximate surface area is 108 Å². The Hall–Kier alpha value is -0.670. The van der Waals surface area contributed by atoms with Gasteiger partial charge in [0.15, 0.2) is 0 Å². The van der Waals surface area contributed by atoms with E-state index in [0.717, 1.165) is 12.2 Å². The van der Waals surface area contributed by atoms with Crippen LogP contribution in [-0.2, 0) is 6.42 Å². The smallest absolute Gasteiger partial charge is 0.118 e. The van der Waals surface area contributed by atoms with Gasteiger partial charge in [-0.2, -0.15) is 0 Å². The molecule has 1 aliphatic rings. The molecule has 1 aromatic rings. The van der Waals surface area contributed by atoms with Crippen LogP contribution in [0.1, 0.15) is 25.8 Å². The van der Waals surface area contributed by atoms with Crippen molar-refractivity contribution in [2.24, 2.45) is 0 Å². The molecule has 1 aliphatic heterocycles. The topological polar surface area (TPSA) is 21.3 Å². The van der Waals surface area contributed by atoms with Gasteiger partial charge in [0.2, 0.25) is 0 Å². The van der Waals surface area contributed by atoms with E-state index in [0.29, 0.717) is 6.04 Å². The zero-order valence-corrected chi connectivity index (χ0v) is 11.6. The first-order chi connectivity index (χ1) is 8.11. The number of aryl methyl sites for hydroxylation is 1. The van der Waals surface area contributed by atoms with Crippen LogP contribution in [0.2, 0.25) is 0 Å². The van der Waals surface area contributed by atoms with Crippen molar-refractivity contribution in [3.63, 3.8) is 0 Å². The molecule has 0 saturated carbocycles. The van der Waals surface area contributed by atoms with Gasteiger partial charge in [0.05, 0.1) is 12.0 Å². The second-order valence-corrected chi connectivity index (χ2v) is 6.46. The monoisotopic (exact) mass is 251 g/mol. The lowest BCUT2D eigenvalue weighted by Gasteiger charge is -2.24. The highest BCUT2D eigenvalue weighted by Crippen LogP contribution is 2.33. The number of hydrogen-bond acceptors (Lipinski definition) is 3. The van der Waals surface area contributed by atoms with Gasteiger partial charge in [-0.25, -0.2) is 0 Å². The van der Waals surface area contributed by atoms with Gasteiger partial charge in [-0.3, -0.25) is 5.32 Å². The first-order valence-electron chi connectivity index (χ1n) is 6.16. The molecule has 3 heteroatoms. The Morgan fingerprint density at radius 1 is 1.41 bits per heavy atom. The average Bonchev–Trinajstić information content (AvgIpc) is 2.68. The first-order valence-corrected chi connectivity index (χ1v) is 7.14. The van der Waals surface area contributed by atoms with Gasteiger partial charge in [0, 0.05) is 11.8 Å². The highest BCUT2D eigenvalue weighted by molar-refractivity contribution is 8.00. The number of methoxy groups -OCH3 is 1. The number of rotatable bonds is 4. The van der Waals surface area contributed by atoms with E-state index in [1.807, 2.05) is 23.9 Å². The molecule has 17 heavy (non-hydrogen) atoms. The molecule has 0 aliphatic carbocycles. The van der Waals surface area contributed by atoms with E-state index in [-0.39, 0.29) is 4.87 Å². The molecule has 2 atom stereocenters. The minimum Gasteiger partial charge on any atom is -0.497 e. The number of thioether (sulfide) groups is 1. The Balaban J connectivity index is 1.89. The molecule has 2 unspecified atom stereocenters. The van der Waals surface area contributed by atoms with Crippen LogP contribution in [0.5, 0.6) is 5.75 Å². The van der Waals surface area contributed by atoms with Crippen molar-refractivity contribution < 1.29 is 4.74 Å². The van der Waals surface area contributed by atoms with Crippen molar-refractivity contribution in [2.75, 3.05) is 12.9 Å². The molecule has 1 N–H and O–H groups in total. The summed E-state index contributed by atoms with van der Waals surface area (Å²) in [5.41, 5.74) is 1.38. The van der Waals surface area contributed by atoms with E-state index < -0.39 is 0 Å². The van der Waals surface area contributed by atoms with E-state index in [9.17, 15) is 0 Å². The second-order valence-electron chi connectivity index (χ2n) is 4.94. The molecule has 0 spiro atoms. The fourth-order valence-electron chi connectivity index (χ4n) is 2.23. The molecular weight excluding hydrogens is 230 g/mol. The van der Waals surface area contributed by atoms with Crippen LogP contribution in [0.4, 0.5) is 0 Å². The Morgan fingerprint density at radius 3 is 2.65 bits per heavy atom. The highest BCUT2D eigenvalue weighted by Gasteiger charge is 2.32. The van der Waals surface area contributed by atoms with Gasteiger partial charge in [-0.1, -0.05) is 12.1 Å². The SMILES string of the molecule is COc1ccc(CCC2(C)NC(C)CS2)cc1. The molecule has 0 amide bonds. The van der Waals surface area contributed by atoms with Gasteiger partial charge in [-0.15, -0.1) is 11.8 Å². The van der Waals surface area contributed by atoms with Gasteiger partial charge >= 0.3 is 0 Å². The number of benzene rings is 1. The third-order valence-electron chi connectivity index (χ3n) is 3.25. The Morgan fingerprint density at radius 2 is 2.12 bits per heavy atom. The summed E-state index contributed by atoms with van der Waals surface area (Å²) >= 11 is 2.04. The average molecular weight is 251 g/mol. The molecule has 0 radical (unpaired) electrons. The summed E-state index contributed by atoms with van der Waals surface area (Å²) in [4.78, 5) is 0.249. The summed E-state index contributed by atoms with van der Waals surface area (Å²) in [7, 11) is 1.70. The first kappa shape index (κ1) is 12.8. The third-order valence-corrected chi connectivity index (χ3v) is 4.88. The number of ether oxygens (including phenoxy) is 1. The maximum atomic E-state index is 5.16. The number of nitrogens with one attached hydrogen (secondary N) is 1. The second kappa shape index (κ2) is 5.32. The molecule has 2 nitrogen and oxygen atoms in total. The lowest BCUT2D eigenvalue weighted by Crippen LogP contribution is -2.38. The van der Waals surface area contributed by atoms with Crippen molar-refractivity contribution in [3.8, 4) is 5.75 Å². The summed E-state index contributed by atoms with van der Waals surface area (Å²) < 4.78 is 5.16. The van der Waals surface area contributed by atoms with Crippen LogP contribution in [-0.4, -0.2) is 23.8 Å². The summed E-state index contributed by atoms with van der Waals surface area (Å²) in [5.74, 6) is 2.15. The molecule has 1 aromatic carbocycles. The molecule has 94 valence electrons. The molecule has 1 saturated heterocycles.